The summed E-state index contributed by atoms with van der Waals surface area (Å²) in [6.07, 6.45) is 2.63. The molecule has 0 saturated carbocycles. The first-order chi connectivity index (χ1) is 17.4. The Hall–Kier alpha value is -3.59. The van der Waals surface area contributed by atoms with Gasteiger partial charge >= 0.3 is 12.1 Å². The molecule has 9 nitrogen and oxygen atoms in total. The zero-order valence-corrected chi connectivity index (χ0v) is 22.8. The Balaban J connectivity index is 0.00000235. The van der Waals surface area contributed by atoms with Crippen LogP contribution in [0.4, 0.5) is 4.79 Å². The fourth-order valence-corrected chi connectivity index (χ4v) is 3.52. The Bertz CT molecular complexity index is 1150. The second-order valence-corrected chi connectivity index (χ2v) is 9.47. The van der Waals surface area contributed by atoms with Gasteiger partial charge in [0.05, 0.1) is 19.8 Å². The third kappa shape index (κ3) is 7.95. The summed E-state index contributed by atoms with van der Waals surface area (Å²) in [5.74, 6) is -1.33. The highest BCUT2D eigenvalue weighted by molar-refractivity contribution is 5.89. The van der Waals surface area contributed by atoms with Crippen molar-refractivity contribution in [1.82, 2.24) is 4.90 Å². The SMILES string of the molecule is CC.COC(=O)c1oc(/C=C/C2COC(C)(C)N2C(=O)OC(C)(C)C)cc(=O)c1OCc1ccccc1. The van der Waals surface area contributed by atoms with Crippen LogP contribution in [0.15, 0.2) is 51.7 Å². The van der Waals surface area contributed by atoms with Crippen LogP contribution in [0.1, 0.15) is 70.3 Å². The smallest absolute Gasteiger partial charge is 0.413 e. The molecule has 0 aliphatic carbocycles. The Morgan fingerprint density at radius 1 is 1.16 bits per heavy atom. The maximum absolute atomic E-state index is 12.8. The molecule has 1 saturated heterocycles. The Morgan fingerprint density at radius 3 is 2.41 bits per heavy atom. The molecule has 3 rings (SSSR count). The number of carbonyl (C=O) groups is 2. The van der Waals surface area contributed by atoms with Crippen molar-refractivity contribution in [2.75, 3.05) is 13.7 Å². The second kappa shape index (κ2) is 12.6. The molecule has 0 N–H and O–H groups in total. The lowest BCUT2D eigenvalue weighted by atomic mass is 10.2. The van der Waals surface area contributed by atoms with Crippen LogP contribution in [0, 0.1) is 0 Å². The Labute approximate surface area is 218 Å². The number of carbonyl (C=O) groups excluding carboxylic acids is 2. The summed E-state index contributed by atoms with van der Waals surface area (Å²) >= 11 is 0. The van der Waals surface area contributed by atoms with Crippen molar-refractivity contribution in [2.45, 2.75) is 72.4 Å². The van der Waals surface area contributed by atoms with Gasteiger partial charge in [-0.15, -0.1) is 0 Å². The zero-order valence-electron chi connectivity index (χ0n) is 22.8. The van der Waals surface area contributed by atoms with Crippen molar-refractivity contribution in [3.05, 3.63) is 69.8 Å². The molecule has 202 valence electrons. The van der Waals surface area contributed by atoms with Crippen LogP contribution >= 0.6 is 0 Å². The van der Waals surface area contributed by atoms with Crippen LogP contribution in [0.3, 0.4) is 0 Å². The van der Waals surface area contributed by atoms with Gasteiger partial charge in [0.25, 0.3) is 5.76 Å². The molecule has 1 aromatic carbocycles. The van der Waals surface area contributed by atoms with Crippen LogP contribution in [-0.4, -0.2) is 48.0 Å². The molecule has 1 aliphatic heterocycles. The largest absolute Gasteiger partial charge is 0.481 e. The average Bonchev–Trinajstić information content (AvgIpc) is 3.16. The molecule has 0 bridgehead atoms. The number of esters is 1. The number of amides is 1. The van der Waals surface area contributed by atoms with Crippen LogP contribution in [0.2, 0.25) is 0 Å². The van der Waals surface area contributed by atoms with E-state index in [0.29, 0.717) is 0 Å². The molecule has 1 aliphatic rings. The number of ether oxygens (including phenoxy) is 4. The molecule has 0 radical (unpaired) electrons. The molecule has 1 aromatic heterocycles. The van der Waals surface area contributed by atoms with Crippen molar-refractivity contribution in [2.24, 2.45) is 0 Å². The van der Waals surface area contributed by atoms with Gasteiger partial charge < -0.3 is 23.4 Å². The normalized spacial score (nSPS) is 16.6. The van der Waals surface area contributed by atoms with Gasteiger partial charge in [-0.2, -0.15) is 0 Å². The molecule has 9 heteroatoms. The average molecular weight is 516 g/mol. The van der Waals surface area contributed by atoms with Gasteiger partial charge in [-0.05, 0) is 46.3 Å². The minimum Gasteiger partial charge on any atom is -0.481 e. The predicted molar refractivity (Wildman–Crippen MR) is 139 cm³/mol. The van der Waals surface area contributed by atoms with Crippen LogP contribution < -0.4 is 10.2 Å². The summed E-state index contributed by atoms with van der Waals surface area (Å²) in [4.78, 5) is 39.4. The third-order valence-electron chi connectivity index (χ3n) is 5.11. The van der Waals surface area contributed by atoms with Gasteiger partial charge in [0.1, 0.15) is 23.7 Å². The van der Waals surface area contributed by atoms with E-state index in [1.807, 2.05) is 44.2 Å². The van der Waals surface area contributed by atoms with E-state index in [9.17, 15) is 14.4 Å². The number of nitrogens with zero attached hydrogens (tertiary/aromatic N) is 1. The first-order valence-corrected chi connectivity index (χ1v) is 12.2. The molecule has 1 unspecified atom stereocenters. The van der Waals surface area contributed by atoms with Crippen molar-refractivity contribution >= 4 is 18.1 Å². The van der Waals surface area contributed by atoms with Crippen LogP contribution in [-0.2, 0) is 20.8 Å². The topological polar surface area (TPSA) is 105 Å². The molecular weight excluding hydrogens is 478 g/mol. The Kier molecular flexibility index (Phi) is 10.1. The minimum absolute atomic E-state index is 0.0735. The minimum atomic E-state index is -0.898. The molecule has 1 amide bonds. The number of hydrogen-bond acceptors (Lipinski definition) is 8. The molecular formula is C28H37NO8. The van der Waals surface area contributed by atoms with Crippen molar-refractivity contribution in [1.29, 1.82) is 0 Å². The van der Waals surface area contributed by atoms with E-state index in [-0.39, 0.29) is 30.5 Å². The maximum Gasteiger partial charge on any atom is 0.413 e. The summed E-state index contributed by atoms with van der Waals surface area (Å²) in [5, 5.41) is 0. The fraction of sp³-hybridized carbons (Fsp3) is 0.464. The van der Waals surface area contributed by atoms with E-state index in [0.717, 1.165) is 5.56 Å². The first kappa shape index (κ1) is 29.6. The molecule has 2 aromatic rings. The van der Waals surface area contributed by atoms with Gasteiger partial charge in [-0.3, -0.25) is 9.69 Å². The van der Waals surface area contributed by atoms with E-state index >= 15 is 0 Å². The van der Waals surface area contributed by atoms with Gasteiger partial charge in [-0.1, -0.05) is 50.3 Å². The highest BCUT2D eigenvalue weighted by Crippen LogP contribution is 2.30. The van der Waals surface area contributed by atoms with E-state index in [1.165, 1.54) is 24.2 Å². The second-order valence-electron chi connectivity index (χ2n) is 9.47. The summed E-state index contributed by atoms with van der Waals surface area (Å²) in [6.45, 7) is 13.2. The lowest BCUT2D eigenvalue weighted by Gasteiger charge is -2.34. The Morgan fingerprint density at radius 2 is 1.81 bits per heavy atom. The molecule has 1 fully saturated rings. The van der Waals surface area contributed by atoms with E-state index < -0.39 is 34.9 Å². The van der Waals surface area contributed by atoms with Crippen LogP contribution in [0.25, 0.3) is 6.08 Å². The number of methoxy groups -OCH3 is 1. The van der Waals surface area contributed by atoms with E-state index in [4.69, 9.17) is 23.4 Å². The number of hydrogen-bond donors (Lipinski definition) is 0. The molecule has 0 spiro atoms. The predicted octanol–water partition coefficient (Wildman–Crippen LogP) is 5.42. The highest BCUT2D eigenvalue weighted by Gasteiger charge is 2.44. The van der Waals surface area contributed by atoms with Gasteiger partial charge in [-0.25, -0.2) is 9.59 Å². The zero-order chi connectivity index (χ0) is 27.8. The number of benzene rings is 1. The molecule has 1 atom stereocenters. The van der Waals surface area contributed by atoms with Gasteiger partial charge in [0.2, 0.25) is 11.2 Å². The summed E-state index contributed by atoms with van der Waals surface area (Å²) in [5.41, 5.74) is -1.30. The van der Waals surface area contributed by atoms with Crippen molar-refractivity contribution < 1.29 is 33.0 Å². The lowest BCUT2D eigenvalue weighted by Crippen LogP contribution is -2.49. The van der Waals surface area contributed by atoms with Gasteiger partial charge in [0.15, 0.2) is 0 Å². The van der Waals surface area contributed by atoms with Crippen LogP contribution in [0.5, 0.6) is 5.75 Å². The van der Waals surface area contributed by atoms with E-state index in [2.05, 4.69) is 0 Å². The fourth-order valence-electron chi connectivity index (χ4n) is 3.52. The first-order valence-electron chi connectivity index (χ1n) is 12.2. The monoisotopic (exact) mass is 515 g/mol. The number of rotatable bonds is 6. The van der Waals surface area contributed by atoms with Gasteiger partial charge in [0, 0.05) is 6.07 Å². The quantitative estimate of drug-likeness (QED) is 0.470. The maximum atomic E-state index is 12.8. The molecule has 37 heavy (non-hydrogen) atoms. The van der Waals surface area contributed by atoms with E-state index in [1.54, 1.807) is 40.7 Å². The third-order valence-corrected chi connectivity index (χ3v) is 5.11. The summed E-state index contributed by atoms with van der Waals surface area (Å²) in [6, 6.07) is 9.92. The summed E-state index contributed by atoms with van der Waals surface area (Å²) < 4.78 is 27.3. The lowest BCUT2D eigenvalue weighted by molar-refractivity contribution is -0.0610. The standard InChI is InChI=1S/C26H31NO8.C2H6/c1-25(2,3)35-24(30)27-18(16-33-26(27,4)5)12-13-19-14-20(28)21(22(34-19)23(29)31-6)32-15-17-10-8-7-9-11-17;1-2/h7-14,18H,15-16H2,1-6H3;1-2H3/b13-12+;. The summed E-state index contributed by atoms with van der Waals surface area (Å²) in [7, 11) is 1.18. The van der Waals surface area contributed by atoms with Crippen molar-refractivity contribution in [3.63, 3.8) is 0 Å². The highest BCUT2D eigenvalue weighted by atomic mass is 16.6. The van der Waals surface area contributed by atoms with Crippen molar-refractivity contribution in [3.8, 4) is 5.75 Å². The molecule has 2 heterocycles.